The van der Waals surface area contributed by atoms with Gasteiger partial charge in [0.25, 0.3) is 5.91 Å². The zero-order valence-corrected chi connectivity index (χ0v) is 12.0. The molecule has 2 bridgehead atoms. The van der Waals surface area contributed by atoms with Gasteiger partial charge < -0.3 is 4.90 Å². The maximum atomic E-state index is 12.6. The number of aromatic nitrogens is 1. The van der Waals surface area contributed by atoms with Gasteiger partial charge in [0.2, 0.25) is 0 Å². The maximum absolute atomic E-state index is 12.6. The van der Waals surface area contributed by atoms with Crippen LogP contribution in [0.5, 0.6) is 0 Å². The van der Waals surface area contributed by atoms with E-state index in [4.69, 9.17) is 0 Å². The van der Waals surface area contributed by atoms with E-state index in [1.54, 1.807) is 6.20 Å². The molecule has 2 unspecified atom stereocenters. The van der Waals surface area contributed by atoms with Crippen molar-refractivity contribution in [3.8, 4) is 0 Å². The van der Waals surface area contributed by atoms with Gasteiger partial charge in [-0.2, -0.15) is 0 Å². The number of pyridine rings is 1. The lowest BCUT2D eigenvalue weighted by atomic mass is 9.65. The van der Waals surface area contributed by atoms with Crippen LogP contribution >= 0.6 is 0 Å². The molecule has 3 nitrogen and oxygen atoms in total. The average molecular weight is 258 g/mol. The molecule has 0 N–H and O–H groups in total. The highest BCUT2D eigenvalue weighted by Crippen LogP contribution is 2.52. The van der Waals surface area contributed by atoms with Gasteiger partial charge in [-0.25, -0.2) is 0 Å². The Morgan fingerprint density at radius 2 is 2.11 bits per heavy atom. The number of likely N-dealkylation sites (tertiary alicyclic amines) is 1. The second-order valence-electron chi connectivity index (χ2n) is 7.36. The van der Waals surface area contributed by atoms with Gasteiger partial charge in [-0.3, -0.25) is 9.78 Å². The summed E-state index contributed by atoms with van der Waals surface area (Å²) in [4.78, 5) is 18.9. The SMILES string of the molecule is CC1(C)CC2CC(C)(CN2C(=O)c2ccccn2)C1. The van der Waals surface area contributed by atoms with E-state index in [0.717, 1.165) is 19.4 Å². The molecule has 0 spiro atoms. The summed E-state index contributed by atoms with van der Waals surface area (Å²) in [5, 5.41) is 0. The number of hydrogen-bond donors (Lipinski definition) is 0. The van der Waals surface area contributed by atoms with E-state index in [0.29, 0.717) is 17.2 Å². The molecule has 2 heterocycles. The lowest BCUT2D eigenvalue weighted by Gasteiger charge is -2.39. The summed E-state index contributed by atoms with van der Waals surface area (Å²) < 4.78 is 0. The van der Waals surface area contributed by atoms with E-state index >= 15 is 0 Å². The van der Waals surface area contributed by atoms with E-state index in [2.05, 4.69) is 30.7 Å². The predicted molar refractivity (Wildman–Crippen MR) is 74.8 cm³/mol. The van der Waals surface area contributed by atoms with Gasteiger partial charge in [0, 0.05) is 18.8 Å². The van der Waals surface area contributed by atoms with Crippen molar-refractivity contribution >= 4 is 5.91 Å². The smallest absolute Gasteiger partial charge is 0.272 e. The summed E-state index contributed by atoms with van der Waals surface area (Å²) in [7, 11) is 0. The van der Waals surface area contributed by atoms with Crippen LogP contribution in [0.4, 0.5) is 0 Å². The third kappa shape index (κ3) is 2.26. The molecule has 3 heteroatoms. The zero-order valence-electron chi connectivity index (χ0n) is 12.0. The Balaban J connectivity index is 1.86. The normalized spacial score (nSPS) is 32.4. The Bertz CT molecular complexity index is 497. The lowest BCUT2D eigenvalue weighted by molar-refractivity contribution is 0.0702. The van der Waals surface area contributed by atoms with Crippen molar-refractivity contribution in [2.75, 3.05) is 6.54 Å². The Morgan fingerprint density at radius 1 is 1.32 bits per heavy atom. The summed E-state index contributed by atoms with van der Waals surface area (Å²) >= 11 is 0. The van der Waals surface area contributed by atoms with E-state index in [9.17, 15) is 4.79 Å². The first-order chi connectivity index (χ1) is 8.89. The number of fused-ring (bicyclic) bond motifs is 2. The number of nitrogens with zero attached hydrogens (tertiary/aromatic N) is 2. The summed E-state index contributed by atoms with van der Waals surface area (Å²) in [5.41, 5.74) is 1.21. The van der Waals surface area contributed by atoms with E-state index in [-0.39, 0.29) is 11.3 Å². The minimum absolute atomic E-state index is 0.104. The van der Waals surface area contributed by atoms with Crippen LogP contribution in [0, 0.1) is 10.8 Å². The molecule has 2 aliphatic rings. The quantitative estimate of drug-likeness (QED) is 0.775. The number of amides is 1. The monoisotopic (exact) mass is 258 g/mol. The van der Waals surface area contributed by atoms with Crippen LogP contribution in [-0.4, -0.2) is 28.4 Å². The molecule has 19 heavy (non-hydrogen) atoms. The molecule has 1 amide bonds. The molecule has 1 aromatic heterocycles. The fourth-order valence-electron chi connectivity index (χ4n) is 4.33. The summed E-state index contributed by atoms with van der Waals surface area (Å²) in [6.45, 7) is 7.86. The largest absolute Gasteiger partial charge is 0.334 e. The summed E-state index contributed by atoms with van der Waals surface area (Å²) in [6, 6.07) is 5.94. The van der Waals surface area contributed by atoms with Gasteiger partial charge in [0.1, 0.15) is 5.69 Å². The zero-order chi connectivity index (χ0) is 13.7. The van der Waals surface area contributed by atoms with Crippen molar-refractivity contribution in [2.24, 2.45) is 10.8 Å². The minimum atomic E-state index is 0.104. The first-order valence-electron chi connectivity index (χ1n) is 7.11. The van der Waals surface area contributed by atoms with Crippen LogP contribution < -0.4 is 0 Å². The Hall–Kier alpha value is -1.38. The van der Waals surface area contributed by atoms with Gasteiger partial charge in [-0.05, 0) is 42.2 Å². The summed E-state index contributed by atoms with van der Waals surface area (Å²) in [5.74, 6) is 0.104. The van der Waals surface area contributed by atoms with Crippen molar-refractivity contribution in [3.63, 3.8) is 0 Å². The summed E-state index contributed by atoms with van der Waals surface area (Å²) in [6.07, 6.45) is 5.17. The van der Waals surface area contributed by atoms with Crippen molar-refractivity contribution < 1.29 is 4.79 Å². The fraction of sp³-hybridized carbons (Fsp3) is 0.625. The minimum Gasteiger partial charge on any atom is -0.334 e. The van der Waals surface area contributed by atoms with E-state index < -0.39 is 0 Å². The van der Waals surface area contributed by atoms with Crippen molar-refractivity contribution in [2.45, 2.75) is 46.1 Å². The van der Waals surface area contributed by atoms with Crippen LogP contribution in [0.2, 0.25) is 0 Å². The lowest BCUT2D eigenvalue weighted by Crippen LogP contribution is -2.38. The molecule has 2 fully saturated rings. The van der Waals surface area contributed by atoms with Crippen molar-refractivity contribution in [1.82, 2.24) is 9.88 Å². The van der Waals surface area contributed by atoms with Gasteiger partial charge in [0.15, 0.2) is 0 Å². The molecule has 3 rings (SSSR count). The highest BCUT2D eigenvalue weighted by atomic mass is 16.2. The molecule has 1 aliphatic carbocycles. The van der Waals surface area contributed by atoms with E-state index in [1.807, 2.05) is 18.2 Å². The Morgan fingerprint density at radius 3 is 2.79 bits per heavy atom. The number of carbonyl (C=O) groups excluding carboxylic acids is 1. The molecular formula is C16H22N2O. The average Bonchev–Trinajstić information content (AvgIpc) is 2.59. The van der Waals surface area contributed by atoms with Gasteiger partial charge in [0.05, 0.1) is 0 Å². The van der Waals surface area contributed by atoms with Crippen molar-refractivity contribution in [3.05, 3.63) is 30.1 Å². The first-order valence-corrected chi connectivity index (χ1v) is 7.11. The Labute approximate surface area is 115 Å². The topological polar surface area (TPSA) is 33.2 Å². The van der Waals surface area contributed by atoms with Crippen LogP contribution in [0.1, 0.15) is 50.5 Å². The fourth-order valence-corrected chi connectivity index (χ4v) is 4.33. The van der Waals surface area contributed by atoms with Crippen molar-refractivity contribution in [1.29, 1.82) is 0 Å². The van der Waals surface area contributed by atoms with Crippen LogP contribution in [0.25, 0.3) is 0 Å². The first kappa shape index (κ1) is 12.6. The predicted octanol–water partition coefficient (Wildman–Crippen LogP) is 3.12. The Kier molecular flexibility index (Phi) is 2.70. The molecule has 1 saturated heterocycles. The van der Waals surface area contributed by atoms with Gasteiger partial charge in [-0.1, -0.05) is 26.8 Å². The number of rotatable bonds is 1. The molecule has 0 radical (unpaired) electrons. The highest BCUT2D eigenvalue weighted by Gasteiger charge is 2.51. The van der Waals surface area contributed by atoms with E-state index in [1.165, 1.54) is 6.42 Å². The molecule has 2 atom stereocenters. The molecule has 1 saturated carbocycles. The van der Waals surface area contributed by atoms with Crippen LogP contribution in [-0.2, 0) is 0 Å². The number of carbonyl (C=O) groups is 1. The highest BCUT2D eigenvalue weighted by molar-refractivity contribution is 5.92. The maximum Gasteiger partial charge on any atom is 0.272 e. The van der Waals surface area contributed by atoms with Gasteiger partial charge in [-0.15, -0.1) is 0 Å². The second-order valence-corrected chi connectivity index (χ2v) is 7.36. The van der Waals surface area contributed by atoms with Crippen LogP contribution in [0.3, 0.4) is 0 Å². The standard InChI is InChI=1S/C16H22N2O/c1-15(2)8-12-9-16(3,10-15)11-18(12)14(19)13-6-4-5-7-17-13/h4-7,12H,8-11H2,1-3H3. The second kappa shape index (κ2) is 4.06. The third-order valence-electron chi connectivity index (χ3n) is 4.56. The molecule has 1 aliphatic heterocycles. The molecule has 1 aromatic rings. The molecular weight excluding hydrogens is 236 g/mol. The van der Waals surface area contributed by atoms with Gasteiger partial charge >= 0.3 is 0 Å². The third-order valence-corrected chi connectivity index (χ3v) is 4.56. The molecule has 0 aromatic carbocycles. The number of hydrogen-bond acceptors (Lipinski definition) is 2. The van der Waals surface area contributed by atoms with Crippen LogP contribution in [0.15, 0.2) is 24.4 Å². The molecule has 102 valence electrons.